The van der Waals surface area contributed by atoms with Gasteiger partial charge in [0.2, 0.25) is 0 Å². The first kappa shape index (κ1) is 14.2. The Morgan fingerprint density at radius 3 is 2.63 bits per heavy atom. The number of halogens is 1. The molecular weight excluding hydrogens is 264 g/mol. The molecule has 0 saturated heterocycles. The van der Waals surface area contributed by atoms with Crippen LogP contribution >= 0.6 is 11.6 Å². The monoisotopic (exact) mass is 282 g/mol. The maximum Gasteiger partial charge on any atom is 0.255 e. The Morgan fingerprint density at radius 1 is 1.47 bits per heavy atom. The number of hydrogen-bond acceptors (Lipinski definition) is 3. The summed E-state index contributed by atoms with van der Waals surface area (Å²) in [6, 6.07) is 4.51. The van der Waals surface area contributed by atoms with E-state index in [0.717, 1.165) is 12.8 Å². The highest BCUT2D eigenvalue weighted by atomic mass is 35.5. The van der Waals surface area contributed by atoms with Crippen LogP contribution in [0, 0.1) is 0 Å². The largest absolute Gasteiger partial charge is 0.507 e. The lowest BCUT2D eigenvalue weighted by molar-refractivity contribution is 0.0557. The van der Waals surface area contributed by atoms with Crippen molar-refractivity contribution in [1.29, 1.82) is 0 Å². The second kappa shape index (κ2) is 5.39. The van der Waals surface area contributed by atoms with Crippen molar-refractivity contribution in [2.45, 2.75) is 24.8 Å². The molecule has 0 unspecified atom stereocenters. The summed E-state index contributed by atoms with van der Waals surface area (Å²) in [6.45, 7) is 0.598. The molecule has 1 aliphatic carbocycles. The number of phenolic OH excluding ortho intramolecular Hbond substituents is 1. The number of nitrogens with zero attached hydrogens (tertiary/aromatic N) is 1. The Balaban J connectivity index is 2.01. The molecule has 1 aromatic carbocycles. The van der Waals surface area contributed by atoms with Crippen molar-refractivity contribution < 1.29 is 9.90 Å². The van der Waals surface area contributed by atoms with Gasteiger partial charge in [-0.1, -0.05) is 11.6 Å². The minimum Gasteiger partial charge on any atom is -0.507 e. The van der Waals surface area contributed by atoms with Gasteiger partial charge in [0.15, 0.2) is 0 Å². The highest BCUT2D eigenvalue weighted by Crippen LogP contribution is 2.35. The van der Waals surface area contributed by atoms with Crippen molar-refractivity contribution in [2.75, 3.05) is 20.6 Å². The van der Waals surface area contributed by atoms with Crippen molar-refractivity contribution in [1.82, 2.24) is 10.2 Å². The van der Waals surface area contributed by atoms with E-state index in [2.05, 4.69) is 10.2 Å². The molecule has 0 aromatic heterocycles. The average Bonchev–Trinajstić information content (AvgIpc) is 2.26. The number of carbonyl (C=O) groups excluding carboxylic acids is 1. The molecule has 5 heteroatoms. The highest BCUT2D eigenvalue weighted by Gasteiger charge is 2.39. The predicted molar refractivity (Wildman–Crippen MR) is 75.7 cm³/mol. The van der Waals surface area contributed by atoms with Crippen LogP contribution in [0.25, 0.3) is 0 Å². The van der Waals surface area contributed by atoms with Crippen LogP contribution in [0.3, 0.4) is 0 Å². The number of nitrogens with one attached hydrogen (secondary N) is 1. The first-order valence-electron chi connectivity index (χ1n) is 6.39. The number of hydrogen-bond donors (Lipinski definition) is 2. The van der Waals surface area contributed by atoms with Gasteiger partial charge in [0, 0.05) is 17.1 Å². The van der Waals surface area contributed by atoms with Crippen LogP contribution in [-0.4, -0.2) is 42.1 Å². The van der Waals surface area contributed by atoms with E-state index in [0.29, 0.717) is 11.6 Å². The van der Waals surface area contributed by atoms with Gasteiger partial charge in [-0.05, 0) is 51.6 Å². The second-order valence-electron chi connectivity index (χ2n) is 5.32. The molecule has 0 atom stereocenters. The normalized spacial score (nSPS) is 17.1. The number of aromatic hydroxyl groups is 1. The molecule has 1 saturated carbocycles. The second-order valence-corrected chi connectivity index (χ2v) is 5.75. The van der Waals surface area contributed by atoms with E-state index in [1.807, 2.05) is 14.1 Å². The topological polar surface area (TPSA) is 52.6 Å². The van der Waals surface area contributed by atoms with Gasteiger partial charge in [-0.2, -0.15) is 0 Å². The standard InChI is InChI=1S/C14H19ClN2O2/c1-17(2)14(6-3-7-14)9-16-13(19)11-5-4-10(15)8-12(11)18/h4-5,8,18H,3,6-7,9H2,1-2H3,(H,16,19). The molecule has 1 aliphatic rings. The third-order valence-corrected chi connectivity index (χ3v) is 4.25. The minimum absolute atomic E-state index is 0.0672. The summed E-state index contributed by atoms with van der Waals surface area (Å²) in [6.07, 6.45) is 3.38. The van der Waals surface area contributed by atoms with Gasteiger partial charge >= 0.3 is 0 Å². The molecule has 2 rings (SSSR count). The first-order chi connectivity index (χ1) is 8.94. The molecule has 0 radical (unpaired) electrons. The zero-order valence-electron chi connectivity index (χ0n) is 11.2. The summed E-state index contributed by atoms with van der Waals surface area (Å²) >= 11 is 5.75. The Hall–Kier alpha value is -1.26. The summed E-state index contributed by atoms with van der Waals surface area (Å²) in [7, 11) is 4.07. The van der Waals surface area contributed by atoms with E-state index >= 15 is 0 Å². The SMILES string of the molecule is CN(C)C1(CNC(=O)c2ccc(Cl)cc2O)CCC1. The van der Waals surface area contributed by atoms with E-state index in [9.17, 15) is 9.90 Å². The van der Waals surface area contributed by atoms with Crippen molar-refractivity contribution >= 4 is 17.5 Å². The van der Waals surface area contributed by atoms with Crippen molar-refractivity contribution in [3.05, 3.63) is 28.8 Å². The third kappa shape index (κ3) is 2.85. The van der Waals surface area contributed by atoms with E-state index in [1.54, 1.807) is 6.07 Å². The molecule has 1 fully saturated rings. The molecule has 1 amide bonds. The van der Waals surface area contributed by atoms with Crippen molar-refractivity contribution in [3.63, 3.8) is 0 Å². The van der Waals surface area contributed by atoms with Crippen LogP contribution in [0.4, 0.5) is 0 Å². The Bertz CT molecular complexity index is 484. The maximum absolute atomic E-state index is 12.1. The van der Waals surface area contributed by atoms with E-state index < -0.39 is 0 Å². The van der Waals surface area contributed by atoms with Crippen molar-refractivity contribution in [3.8, 4) is 5.75 Å². The number of carbonyl (C=O) groups is 1. The summed E-state index contributed by atoms with van der Waals surface area (Å²) in [5, 5.41) is 13.0. The van der Waals surface area contributed by atoms with E-state index in [1.165, 1.54) is 18.6 Å². The number of rotatable bonds is 4. The van der Waals surface area contributed by atoms with Gasteiger partial charge in [-0.25, -0.2) is 0 Å². The summed E-state index contributed by atoms with van der Waals surface area (Å²) < 4.78 is 0. The first-order valence-corrected chi connectivity index (χ1v) is 6.76. The molecule has 0 spiro atoms. The summed E-state index contributed by atoms with van der Waals surface area (Å²) in [5.74, 6) is -0.347. The van der Waals surface area contributed by atoms with Crippen LogP contribution in [0.1, 0.15) is 29.6 Å². The zero-order chi connectivity index (χ0) is 14.0. The maximum atomic E-state index is 12.1. The van der Waals surface area contributed by atoms with Gasteiger partial charge in [-0.3, -0.25) is 4.79 Å². The molecule has 2 N–H and O–H groups in total. The van der Waals surface area contributed by atoms with Gasteiger partial charge in [0.1, 0.15) is 5.75 Å². The van der Waals surface area contributed by atoms with Crippen LogP contribution < -0.4 is 5.32 Å². The fourth-order valence-electron chi connectivity index (χ4n) is 2.40. The molecule has 104 valence electrons. The Labute approximate surface area is 118 Å². The van der Waals surface area contributed by atoms with Gasteiger partial charge < -0.3 is 15.3 Å². The molecule has 0 bridgehead atoms. The molecule has 0 heterocycles. The number of likely N-dealkylation sites (N-methyl/N-ethyl adjacent to an activating group) is 1. The van der Waals surface area contributed by atoms with Gasteiger partial charge in [0.25, 0.3) is 5.91 Å². The highest BCUT2D eigenvalue weighted by molar-refractivity contribution is 6.30. The van der Waals surface area contributed by atoms with Crippen LogP contribution in [0.15, 0.2) is 18.2 Å². The Morgan fingerprint density at radius 2 is 2.16 bits per heavy atom. The predicted octanol–water partition coefficient (Wildman–Crippen LogP) is 2.26. The van der Waals surface area contributed by atoms with Crippen molar-refractivity contribution in [2.24, 2.45) is 0 Å². The third-order valence-electron chi connectivity index (χ3n) is 4.02. The molecule has 19 heavy (non-hydrogen) atoms. The van der Waals surface area contributed by atoms with Crippen LogP contribution in [-0.2, 0) is 0 Å². The molecule has 1 aromatic rings. The lowest BCUT2D eigenvalue weighted by Gasteiger charge is -2.47. The zero-order valence-corrected chi connectivity index (χ0v) is 12.0. The smallest absolute Gasteiger partial charge is 0.255 e. The number of phenols is 1. The lowest BCUT2D eigenvalue weighted by Crippen LogP contribution is -2.57. The summed E-state index contributed by atoms with van der Waals surface area (Å²) in [4.78, 5) is 14.2. The molecule has 0 aliphatic heterocycles. The number of benzene rings is 1. The molecule has 4 nitrogen and oxygen atoms in total. The fraction of sp³-hybridized carbons (Fsp3) is 0.500. The van der Waals surface area contributed by atoms with E-state index in [-0.39, 0.29) is 22.8 Å². The van der Waals surface area contributed by atoms with Crippen LogP contribution in [0.2, 0.25) is 5.02 Å². The van der Waals surface area contributed by atoms with E-state index in [4.69, 9.17) is 11.6 Å². The minimum atomic E-state index is -0.262. The summed E-state index contributed by atoms with van der Waals surface area (Å²) in [5.41, 5.74) is 0.329. The number of amides is 1. The Kier molecular flexibility index (Phi) is 4.02. The van der Waals surface area contributed by atoms with Crippen LogP contribution in [0.5, 0.6) is 5.75 Å². The fourth-order valence-corrected chi connectivity index (χ4v) is 2.57. The lowest BCUT2D eigenvalue weighted by atomic mass is 9.75. The van der Waals surface area contributed by atoms with Gasteiger partial charge in [-0.15, -0.1) is 0 Å². The average molecular weight is 283 g/mol. The molecular formula is C14H19ClN2O2. The quantitative estimate of drug-likeness (QED) is 0.891. The van der Waals surface area contributed by atoms with Gasteiger partial charge in [0.05, 0.1) is 5.56 Å².